The van der Waals surface area contributed by atoms with Crippen LogP contribution in [-0.4, -0.2) is 29.2 Å². The highest BCUT2D eigenvalue weighted by Gasteiger charge is 2.21. The first-order chi connectivity index (χ1) is 19.2. The summed E-state index contributed by atoms with van der Waals surface area (Å²) in [7, 11) is 0. The first kappa shape index (κ1) is 28.9. The average Bonchev–Trinajstić information content (AvgIpc) is 2.93. The Labute approximate surface area is 237 Å². The molecule has 210 valence electrons. The van der Waals surface area contributed by atoms with E-state index in [1.54, 1.807) is 6.07 Å². The van der Waals surface area contributed by atoms with E-state index in [2.05, 4.69) is 46.8 Å². The number of carbonyl (C=O) groups excluding carboxylic acids is 2. The van der Waals surface area contributed by atoms with Crippen LogP contribution in [0, 0.1) is 0 Å². The van der Waals surface area contributed by atoms with Crippen LogP contribution in [0.5, 0.6) is 5.75 Å². The van der Waals surface area contributed by atoms with Crippen molar-refractivity contribution < 1.29 is 19.1 Å². The van der Waals surface area contributed by atoms with Crippen molar-refractivity contribution in [2.24, 2.45) is 0 Å². The molecule has 0 atom stereocenters. The van der Waals surface area contributed by atoms with Gasteiger partial charge in [0.25, 0.3) is 5.91 Å². The molecular formula is C33H39N3O4. The summed E-state index contributed by atoms with van der Waals surface area (Å²) in [5.74, 6) is 1.10. The van der Waals surface area contributed by atoms with Crippen LogP contribution in [-0.2, 0) is 22.4 Å². The summed E-state index contributed by atoms with van der Waals surface area (Å²) in [6.07, 6.45) is 4.88. The van der Waals surface area contributed by atoms with Gasteiger partial charge in [-0.3, -0.25) is 10.1 Å². The van der Waals surface area contributed by atoms with Gasteiger partial charge in [0.05, 0.1) is 6.61 Å². The van der Waals surface area contributed by atoms with Crippen LogP contribution >= 0.6 is 0 Å². The first-order valence-corrected chi connectivity index (χ1v) is 14.0. The maximum Gasteiger partial charge on any atom is 0.413 e. The topological polar surface area (TPSA) is 89.6 Å². The molecule has 1 heterocycles. The van der Waals surface area contributed by atoms with E-state index in [4.69, 9.17) is 9.47 Å². The van der Waals surface area contributed by atoms with Crippen LogP contribution in [0.1, 0.15) is 70.2 Å². The molecule has 7 nitrogen and oxygen atoms in total. The molecule has 0 unspecified atom stereocenters. The number of pyridine rings is 1. The fraction of sp³-hybridized carbons (Fsp3) is 0.364. The summed E-state index contributed by atoms with van der Waals surface area (Å²) in [6, 6.07) is 21.4. The summed E-state index contributed by atoms with van der Waals surface area (Å²) >= 11 is 0. The number of rotatable bonds is 9. The van der Waals surface area contributed by atoms with Gasteiger partial charge in [-0.2, -0.15) is 0 Å². The van der Waals surface area contributed by atoms with Gasteiger partial charge in [-0.15, -0.1) is 0 Å². The largest absolute Gasteiger partial charge is 0.493 e. The Bertz CT molecular complexity index is 1340. The fourth-order valence-corrected chi connectivity index (χ4v) is 4.63. The number of nitrogens with zero attached hydrogens (tertiary/aromatic N) is 1. The summed E-state index contributed by atoms with van der Waals surface area (Å²) in [6.45, 7) is 8.00. The van der Waals surface area contributed by atoms with Gasteiger partial charge in [-0.05, 0) is 106 Å². The summed E-state index contributed by atoms with van der Waals surface area (Å²) in [5, 5.41) is 5.73. The van der Waals surface area contributed by atoms with Crippen molar-refractivity contribution in [1.82, 2.24) is 4.98 Å². The number of ether oxygens (including phenoxy) is 2. The zero-order chi connectivity index (χ0) is 28.5. The van der Waals surface area contributed by atoms with Gasteiger partial charge < -0.3 is 14.8 Å². The van der Waals surface area contributed by atoms with Crippen LogP contribution in [0.25, 0.3) is 5.57 Å². The lowest BCUT2D eigenvalue weighted by atomic mass is 9.86. The zero-order valence-corrected chi connectivity index (χ0v) is 23.9. The molecule has 0 aliphatic heterocycles. The average molecular weight is 542 g/mol. The Balaban J connectivity index is 1.30. The normalized spacial score (nSPS) is 13.5. The molecule has 0 bridgehead atoms. The fourth-order valence-electron chi connectivity index (χ4n) is 4.63. The predicted molar refractivity (Wildman–Crippen MR) is 160 cm³/mol. The number of anilines is 2. The number of hydrogen-bond acceptors (Lipinski definition) is 5. The maximum atomic E-state index is 13.2. The Morgan fingerprint density at radius 1 is 0.900 bits per heavy atom. The molecule has 0 fully saturated rings. The molecule has 0 saturated heterocycles. The van der Waals surface area contributed by atoms with Gasteiger partial charge in [0.15, 0.2) is 0 Å². The van der Waals surface area contributed by atoms with Gasteiger partial charge in [0.1, 0.15) is 17.2 Å². The number of aromatic nitrogens is 1. The van der Waals surface area contributed by atoms with Crippen molar-refractivity contribution in [3.05, 3.63) is 89.1 Å². The van der Waals surface area contributed by atoms with E-state index in [9.17, 15) is 9.59 Å². The summed E-state index contributed by atoms with van der Waals surface area (Å²) < 4.78 is 11.2. The number of allylic oxidation sites excluding steroid dienone is 1. The second-order valence-corrected chi connectivity index (χ2v) is 10.9. The number of amides is 2. The van der Waals surface area contributed by atoms with Gasteiger partial charge in [0, 0.05) is 23.4 Å². The van der Waals surface area contributed by atoms with Gasteiger partial charge >= 0.3 is 6.09 Å². The highest BCUT2D eigenvalue weighted by Crippen LogP contribution is 2.33. The third-order valence-electron chi connectivity index (χ3n) is 6.63. The van der Waals surface area contributed by atoms with Gasteiger partial charge in [0.2, 0.25) is 0 Å². The third kappa shape index (κ3) is 8.43. The molecule has 0 saturated carbocycles. The van der Waals surface area contributed by atoms with Gasteiger partial charge in [-0.1, -0.05) is 37.3 Å². The third-order valence-corrected chi connectivity index (χ3v) is 6.63. The predicted octanol–water partition coefficient (Wildman–Crippen LogP) is 7.58. The monoisotopic (exact) mass is 541 g/mol. The minimum Gasteiger partial charge on any atom is -0.493 e. The molecule has 7 heteroatoms. The van der Waals surface area contributed by atoms with Crippen molar-refractivity contribution in [2.45, 2.75) is 71.8 Å². The van der Waals surface area contributed by atoms with Crippen molar-refractivity contribution >= 4 is 29.1 Å². The molecule has 1 aliphatic rings. The van der Waals surface area contributed by atoms with Crippen molar-refractivity contribution in [3.8, 4) is 5.75 Å². The molecule has 2 aromatic carbocycles. The van der Waals surface area contributed by atoms with E-state index in [1.807, 2.05) is 57.2 Å². The molecule has 3 aromatic rings. The minimum atomic E-state index is -0.578. The molecule has 2 amide bonds. The SMILES string of the molecule is CCc1ccc(C2=C(C(=O)Nc3ccc(OCCc4cccc(NC(=O)OC(C)(C)C)n4)cc3)CCCC2)cc1. The van der Waals surface area contributed by atoms with Crippen LogP contribution in [0.4, 0.5) is 16.3 Å². The Morgan fingerprint density at radius 2 is 1.62 bits per heavy atom. The quantitative estimate of drug-likeness (QED) is 0.291. The maximum absolute atomic E-state index is 13.2. The molecular weight excluding hydrogens is 502 g/mol. The van der Waals surface area contributed by atoms with Crippen LogP contribution < -0.4 is 15.4 Å². The van der Waals surface area contributed by atoms with E-state index in [0.29, 0.717) is 24.6 Å². The molecule has 2 N–H and O–H groups in total. The molecule has 0 spiro atoms. The molecule has 1 aromatic heterocycles. The molecule has 1 aliphatic carbocycles. The summed E-state index contributed by atoms with van der Waals surface area (Å²) in [4.78, 5) is 29.7. The Morgan fingerprint density at radius 3 is 2.33 bits per heavy atom. The minimum absolute atomic E-state index is 0.0334. The lowest BCUT2D eigenvalue weighted by molar-refractivity contribution is -0.113. The highest BCUT2D eigenvalue weighted by atomic mass is 16.6. The first-order valence-electron chi connectivity index (χ1n) is 14.0. The molecule has 0 radical (unpaired) electrons. The standard InChI is InChI=1S/C33H39N3O4/c1-5-23-13-15-24(16-14-23)28-10-6-7-11-29(28)31(37)35-26-17-19-27(20-18-26)39-22-21-25-9-8-12-30(34-25)36-32(38)40-33(2,3)4/h8-9,12-20H,5-7,10-11,21-22H2,1-4H3,(H,35,37)(H,34,36,38). The van der Waals surface area contributed by atoms with E-state index in [-0.39, 0.29) is 5.91 Å². The van der Waals surface area contributed by atoms with Crippen molar-refractivity contribution in [2.75, 3.05) is 17.2 Å². The Kier molecular flexibility index (Phi) is 9.59. The second kappa shape index (κ2) is 13.3. The van der Waals surface area contributed by atoms with E-state index in [0.717, 1.165) is 60.2 Å². The van der Waals surface area contributed by atoms with Gasteiger partial charge in [-0.25, -0.2) is 9.78 Å². The lowest BCUT2D eigenvalue weighted by Gasteiger charge is -2.20. The molecule has 4 rings (SSSR count). The lowest BCUT2D eigenvalue weighted by Crippen LogP contribution is -2.27. The highest BCUT2D eigenvalue weighted by molar-refractivity contribution is 6.09. The number of hydrogen-bond donors (Lipinski definition) is 2. The Hall–Kier alpha value is -4.13. The van der Waals surface area contributed by atoms with Crippen LogP contribution in [0.2, 0.25) is 0 Å². The smallest absolute Gasteiger partial charge is 0.413 e. The number of aryl methyl sites for hydroxylation is 1. The summed E-state index contributed by atoms with van der Waals surface area (Å²) in [5.41, 5.74) is 5.43. The van der Waals surface area contributed by atoms with E-state index in [1.165, 1.54) is 5.56 Å². The van der Waals surface area contributed by atoms with E-state index >= 15 is 0 Å². The second-order valence-electron chi connectivity index (χ2n) is 10.9. The van der Waals surface area contributed by atoms with Crippen molar-refractivity contribution in [1.29, 1.82) is 0 Å². The van der Waals surface area contributed by atoms with Crippen molar-refractivity contribution in [3.63, 3.8) is 0 Å². The number of nitrogens with one attached hydrogen (secondary N) is 2. The number of carbonyl (C=O) groups is 2. The number of benzene rings is 2. The molecule has 40 heavy (non-hydrogen) atoms. The van der Waals surface area contributed by atoms with Crippen LogP contribution in [0.15, 0.2) is 72.3 Å². The zero-order valence-electron chi connectivity index (χ0n) is 23.9. The van der Waals surface area contributed by atoms with Crippen LogP contribution in [0.3, 0.4) is 0 Å². The van der Waals surface area contributed by atoms with E-state index < -0.39 is 11.7 Å².